The Morgan fingerprint density at radius 3 is 2.88 bits per heavy atom. The molecular formula is C12H22N4S. The highest BCUT2D eigenvalue weighted by atomic mass is 32.1. The van der Waals surface area contributed by atoms with Gasteiger partial charge in [-0.05, 0) is 26.3 Å². The first-order valence-corrected chi connectivity index (χ1v) is 7.30. The number of anilines is 1. The molecule has 0 bridgehead atoms. The predicted molar refractivity (Wildman–Crippen MR) is 72.9 cm³/mol. The van der Waals surface area contributed by atoms with E-state index in [9.17, 15) is 0 Å². The quantitative estimate of drug-likeness (QED) is 0.875. The molecule has 1 aliphatic rings. The molecule has 0 amide bonds. The van der Waals surface area contributed by atoms with Crippen LogP contribution >= 0.6 is 11.5 Å². The summed E-state index contributed by atoms with van der Waals surface area (Å²) in [6, 6.07) is 0.626. The third kappa shape index (κ3) is 3.16. The van der Waals surface area contributed by atoms with E-state index in [0.717, 1.165) is 30.6 Å². The fourth-order valence-electron chi connectivity index (χ4n) is 2.11. The average molecular weight is 254 g/mol. The number of aromatic nitrogens is 2. The zero-order valence-electron chi connectivity index (χ0n) is 10.9. The fourth-order valence-corrected chi connectivity index (χ4v) is 2.99. The van der Waals surface area contributed by atoms with Gasteiger partial charge in [0.15, 0.2) is 0 Å². The second kappa shape index (κ2) is 5.78. The van der Waals surface area contributed by atoms with Crippen molar-refractivity contribution < 1.29 is 0 Å². The molecule has 0 spiro atoms. The molecule has 0 radical (unpaired) electrons. The molecule has 1 fully saturated rings. The monoisotopic (exact) mass is 254 g/mol. The van der Waals surface area contributed by atoms with E-state index in [1.54, 1.807) is 0 Å². The standard InChI is InChI=1S/C12H22N4S/c1-4-16(8-10-6-5-7-13-10)12-14-11(9(2)3)15-17-12/h9-10,13H,4-8H2,1-3H3. The summed E-state index contributed by atoms with van der Waals surface area (Å²) in [5.41, 5.74) is 0. The lowest BCUT2D eigenvalue weighted by atomic mass is 10.2. The van der Waals surface area contributed by atoms with E-state index >= 15 is 0 Å². The van der Waals surface area contributed by atoms with Gasteiger partial charge in [0.1, 0.15) is 5.82 Å². The van der Waals surface area contributed by atoms with Gasteiger partial charge in [-0.25, -0.2) is 4.98 Å². The summed E-state index contributed by atoms with van der Waals surface area (Å²) in [4.78, 5) is 6.97. The molecule has 17 heavy (non-hydrogen) atoms. The molecule has 1 aromatic heterocycles. The van der Waals surface area contributed by atoms with E-state index in [1.807, 2.05) is 0 Å². The van der Waals surface area contributed by atoms with Crippen LogP contribution in [0.2, 0.25) is 0 Å². The Labute approximate surface area is 108 Å². The van der Waals surface area contributed by atoms with Crippen molar-refractivity contribution in [2.75, 3.05) is 24.5 Å². The van der Waals surface area contributed by atoms with Gasteiger partial charge in [-0.2, -0.15) is 4.37 Å². The summed E-state index contributed by atoms with van der Waals surface area (Å²) in [5, 5.41) is 4.61. The van der Waals surface area contributed by atoms with E-state index in [1.165, 1.54) is 24.4 Å². The molecule has 0 saturated carbocycles. The van der Waals surface area contributed by atoms with Gasteiger partial charge in [-0.15, -0.1) is 0 Å². The molecule has 1 unspecified atom stereocenters. The lowest BCUT2D eigenvalue weighted by Gasteiger charge is -2.23. The minimum atomic E-state index is 0.420. The summed E-state index contributed by atoms with van der Waals surface area (Å²) in [6.07, 6.45) is 2.59. The molecule has 2 heterocycles. The molecule has 0 aromatic carbocycles. The third-order valence-corrected chi connectivity index (χ3v) is 3.99. The van der Waals surface area contributed by atoms with E-state index in [2.05, 4.69) is 40.3 Å². The van der Waals surface area contributed by atoms with Crippen LogP contribution in [0, 0.1) is 0 Å². The van der Waals surface area contributed by atoms with Gasteiger partial charge in [-0.3, -0.25) is 0 Å². The zero-order chi connectivity index (χ0) is 12.3. The van der Waals surface area contributed by atoms with Crippen LogP contribution in [-0.2, 0) is 0 Å². The van der Waals surface area contributed by atoms with Crippen LogP contribution in [0.25, 0.3) is 0 Å². The summed E-state index contributed by atoms with van der Waals surface area (Å²) >= 11 is 1.53. The van der Waals surface area contributed by atoms with Gasteiger partial charge in [0.05, 0.1) is 0 Å². The fraction of sp³-hybridized carbons (Fsp3) is 0.833. The van der Waals surface area contributed by atoms with Crippen LogP contribution < -0.4 is 10.2 Å². The Morgan fingerprint density at radius 2 is 2.35 bits per heavy atom. The molecule has 1 aliphatic heterocycles. The van der Waals surface area contributed by atoms with Gasteiger partial charge in [0, 0.05) is 36.6 Å². The minimum Gasteiger partial charge on any atom is -0.346 e. The third-order valence-electron chi connectivity index (χ3n) is 3.20. The maximum absolute atomic E-state index is 4.63. The number of nitrogens with zero attached hydrogens (tertiary/aromatic N) is 3. The Bertz CT molecular complexity index is 344. The van der Waals surface area contributed by atoms with Crippen molar-refractivity contribution >= 4 is 16.7 Å². The van der Waals surface area contributed by atoms with Crippen LogP contribution in [0.1, 0.15) is 45.4 Å². The number of likely N-dealkylation sites (N-methyl/N-ethyl adjacent to an activating group) is 1. The molecule has 2 rings (SSSR count). The number of hydrogen-bond donors (Lipinski definition) is 1. The van der Waals surface area contributed by atoms with Gasteiger partial charge in [-0.1, -0.05) is 13.8 Å². The topological polar surface area (TPSA) is 41.0 Å². The minimum absolute atomic E-state index is 0.420. The predicted octanol–water partition coefficient (Wildman–Crippen LogP) is 2.24. The summed E-state index contributed by atoms with van der Waals surface area (Å²) in [6.45, 7) is 9.69. The summed E-state index contributed by atoms with van der Waals surface area (Å²) in [7, 11) is 0. The summed E-state index contributed by atoms with van der Waals surface area (Å²) in [5.74, 6) is 1.39. The number of nitrogens with one attached hydrogen (secondary N) is 1. The SMILES string of the molecule is CCN(CC1CCCN1)c1nc(C(C)C)ns1. The maximum atomic E-state index is 4.63. The first kappa shape index (κ1) is 12.8. The van der Waals surface area contributed by atoms with Crippen LogP contribution in [-0.4, -0.2) is 35.0 Å². The van der Waals surface area contributed by atoms with Gasteiger partial charge in [0.2, 0.25) is 5.13 Å². The van der Waals surface area contributed by atoms with Crippen LogP contribution in [0.15, 0.2) is 0 Å². The highest BCUT2D eigenvalue weighted by Gasteiger charge is 2.19. The van der Waals surface area contributed by atoms with Gasteiger partial charge >= 0.3 is 0 Å². The molecule has 1 aromatic rings. The smallest absolute Gasteiger partial charge is 0.205 e. The normalized spacial score (nSPS) is 20.1. The van der Waals surface area contributed by atoms with Crippen molar-refractivity contribution in [1.29, 1.82) is 0 Å². The second-order valence-electron chi connectivity index (χ2n) is 4.92. The van der Waals surface area contributed by atoms with Gasteiger partial charge in [0.25, 0.3) is 0 Å². The highest BCUT2D eigenvalue weighted by Crippen LogP contribution is 2.22. The Kier molecular flexibility index (Phi) is 4.34. The number of hydrogen-bond acceptors (Lipinski definition) is 5. The lowest BCUT2D eigenvalue weighted by molar-refractivity contribution is 0.585. The molecule has 1 N–H and O–H groups in total. The molecule has 5 heteroatoms. The van der Waals surface area contributed by atoms with E-state index in [4.69, 9.17) is 0 Å². The molecule has 0 aliphatic carbocycles. The van der Waals surface area contributed by atoms with Gasteiger partial charge < -0.3 is 10.2 Å². The highest BCUT2D eigenvalue weighted by molar-refractivity contribution is 7.09. The van der Waals surface area contributed by atoms with Crippen LogP contribution in [0.3, 0.4) is 0 Å². The Balaban J connectivity index is 2.00. The second-order valence-corrected chi connectivity index (χ2v) is 5.65. The average Bonchev–Trinajstić information content (AvgIpc) is 2.96. The van der Waals surface area contributed by atoms with Crippen LogP contribution in [0.5, 0.6) is 0 Å². The van der Waals surface area contributed by atoms with Crippen molar-refractivity contribution in [2.24, 2.45) is 0 Å². The molecule has 4 nitrogen and oxygen atoms in total. The van der Waals surface area contributed by atoms with Crippen molar-refractivity contribution in [1.82, 2.24) is 14.7 Å². The molecular weight excluding hydrogens is 232 g/mol. The van der Waals surface area contributed by atoms with Crippen LogP contribution in [0.4, 0.5) is 5.13 Å². The molecule has 1 saturated heterocycles. The number of rotatable bonds is 5. The van der Waals surface area contributed by atoms with Crippen molar-refractivity contribution in [3.8, 4) is 0 Å². The largest absolute Gasteiger partial charge is 0.346 e. The van der Waals surface area contributed by atoms with Crippen molar-refractivity contribution in [2.45, 2.75) is 45.6 Å². The van der Waals surface area contributed by atoms with E-state index < -0.39 is 0 Å². The Hall–Kier alpha value is -0.680. The van der Waals surface area contributed by atoms with Crippen molar-refractivity contribution in [3.05, 3.63) is 5.82 Å². The maximum Gasteiger partial charge on any atom is 0.205 e. The first-order valence-electron chi connectivity index (χ1n) is 6.52. The van der Waals surface area contributed by atoms with E-state index in [-0.39, 0.29) is 0 Å². The zero-order valence-corrected chi connectivity index (χ0v) is 11.8. The first-order chi connectivity index (χ1) is 8.20. The summed E-state index contributed by atoms with van der Waals surface area (Å²) < 4.78 is 4.43. The molecule has 96 valence electrons. The van der Waals surface area contributed by atoms with Crippen molar-refractivity contribution in [3.63, 3.8) is 0 Å². The molecule has 1 atom stereocenters. The Morgan fingerprint density at radius 1 is 1.53 bits per heavy atom. The lowest BCUT2D eigenvalue weighted by Crippen LogP contribution is -2.37. The van der Waals surface area contributed by atoms with E-state index in [0.29, 0.717) is 12.0 Å².